The minimum Gasteiger partial charge on any atom is -0.465 e. The number of esters is 1. The smallest absolute Gasteiger partial charge is 0.341 e. The number of anilines is 2. The molecule has 150 valence electrons. The number of rotatable bonds is 5. The molecule has 0 saturated carbocycles. The maximum absolute atomic E-state index is 12.6. The van der Waals surface area contributed by atoms with Crippen LogP contribution in [0.15, 0.2) is 24.3 Å². The summed E-state index contributed by atoms with van der Waals surface area (Å²) < 4.78 is 4.87. The topological polar surface area (TPSA) is 63.1 Å². The summed E-state index contributed by atoms with van der Waals surface area (Å²) in [5, 5.41) is 3.52. The van der Waals surface area contributed by atoms with Crippen molar-refractivity contribution in [2.24, 2.45) is 0 Å². The van der Waals surface area contributed by atoms with Gasteiger partial charge in [0.2, 0.25) is 0 Å². The van der Waals surface area contributed by atoms with Crippen molar-refractivity contribution in [3.8, 4) is 0 Å². The summed E-state index contributed by atoms with van der Waals surface area (Å²) in [6.45, 7) is 10.0. The first-order valence-electron chi connectivity index (χ1n) is 9.53. The molecule has 1 saturated heterocycles. The van der Waals surface area contributed by atoms with Crippen molar-refractivity contribution < 1.29 is 19.2 Å². The highest BCUT2D eigenvalue weighted by atomic mass is 32.1. The Morgan fingerprint density at radius 1 is 1.18 bits per heavy atom. The minimum atomic E-state index is -0.406. The maximum Gasteiger partial charge on any atom is 0.341 e. The number of benzene rings is 1. The largest absolute Gasteiger partial charge is 0.465 e. The average molecular weight is 403 g/mol. The summed E-state index contributed by atoms with van der Waals surface area (Å²) in [7, 11) is 1.36. The number of quaternary nitrogens is 1. The Balaban J connectivity index is 1.58. The first-order chi connectivity index (χ1) is 13.4. The number of carbonyl (C=O) groups is 2. The van der Waals surface area contributed by atoms with Gasteiger partial charge < -0.3 is 19.9 Å². The molecule has 0 radical (unpaired) electrons. The Morgan fingerprint density at radius 2 is 1.86 bits per heavy atom. The molecule has 2 N–H and O–H groups in total. The van der Waals surface area contributed by atoms with Crippen LogP contribution in [0.5, 0.6) is 0 Å². The van der Waals surface area contributed by atoms with E-state index >= 15 is 0 Å². The zero-order chi connectivity index (χ0) is 20.3. The van der Waals surface area contributed by atoms with E-state index in [1.807, 2.05) is 13.8 Å². The number of amides is 1. The number of hydrogen-bond donors (Lipinski definition) is 2. The lowest BCUT2D eigenvalue weighted by molar-refractivity contribution is -0.892. The maximum atomic E-state index is 12.6. The molecular weight excluding hydrogens is 374 g/mol. The lowest BCUT2D eigenvalue weighted by Gasteiger charge is -2.34. The second-order valence-corrected chi connectivity index (χ2v) is 8.45. The van der Waals surface area contributed by atoms with E-state index in [-0.39, 0.29) is 5.91 Å². The van der Waals surface area contributed by atoms with Crippen molar-refractivity contribution in [2.45, 2.75) is 20.8 Å². The number of nitrogens with one attached hydrogen (secondary N) is 2. The first kappa shape index (κ1) is 20.4. The molecule has 0 bridgehead atoms. The Labute approximate surface area is 170 Å². The van der Waals surface area contributed by atoms with Gasteiger partial charge in [-0.05, 0) is 38.0 Å². The van der Waals surface area contributed by atoms with Crippen molar-refractivity contribution >= 4 is 33.9 Å². The number of hydrogen-bond acceptors (Lipinski definition) is 5. The van der Waals surface area contributed by atoms with Gasteiger partial charge in [0.1, 0.15) is 5.00 Å². The van der Waals surface area contributed by atoms with Crippen LogP contribution in [-0.4, -0.2) is 51.7 Å². The standard InChI is InChI=1S/C21H27N3O3S/c1-14-7-5-6-8-17(14)24-11-9-23(10-12-24)13-18(25)22-20-19(21(26)27-4)15(2)16(3)28-20/h5-8H,9-13H2,1-4H3,(H,22,25)/p+1. The van der Waals surface area contributed by atoms with Crippen LogP contribution < -0.4 is 15.1 Å². The molecule has 0 unspecified atom stereocenters. The SMILES string of the molecule is COC(=O)c1c(NC(=O)C[NH+]2CCN(c3ccccc3C)CC2)sc(C)c1C. The fourth-order valence-corrected chi connectivity index (χ4v) is 4.68. The predicted molar refractivity (Wildman–Crippen MR) is 113 cm³/mol. The third-order valence-corrected chi connectivity index (χ3v) is 6.49. The van der Waals surface area contributed by atoms with E-state index in [4.69, 9.17) is 4.74 Å². The fourth-order valence-electron chi connectivity index (χ4n) is 3.62. The predicted octanol–water partition coefficient (Wildman–Crippen LogP) is 1.80. The molecule has 1 aromatic heterocycles. The molecule has 0 aliphatic carbocycles. The van der Waals surface area contributed by atoms with Crippen LogP contribution in [0.1, 0.15) is 26.4 Å². The van der Waals surface area contributed by atoms with E-state index in [9.17, 15) is 9.59 Å². The molecule has 2 aromatic rings. The first-order valence-corrected chi connectivity index (χ1v) is 10.3. The molecule has 1 aliphatic heterocycles. The number of para-hydroxylation sites is 1. The number of thiophene rings is 1. The van der Waals surface area contributed by atoms with Gasteiger partial charge in [0.05, 0.1) is 38.9 Å². The second kappa shape index (κ2) is 8.75. The lowest BCUT2D eigenvalue weighted by Crippen LogP contribution is -3.15. The quantitative estimate of drug-likeness (QED) is 0.749. The molecule has 1 aromatic carbocycles. The average Bonchev–Trinajstić information content (AvgIpc) is 2.95. The van der Waals surface area contributed by atoms with E-state index in [0.717, 1.165) is 36.6 Å². The summed E-state index contributed by atoms with van der Waals surface area (Å²) in [5.74, 6) is -0.470. The van der Waals surface area contributed by atoms with Gasteiger partial charge in [0, 0.05) is 10.6 Å². The van der Waals surface area contributed by atoms with Gasteiger partial charge in [0.25, 0.3) is 5.91 Å². The van der Waals surface area contributed by atoms with Crippen LogP contribution in [0.2, 0.25) is 0 Å². The van der Waals surface area contributed by atoms with Crippen LogP contribution >= 0.6 is 11.3 Å². The highest BCUT2D eigenvalue weighted by Gasteiger charge is 2.25. The van der Waals surface area contributed by atoms with Crippen LogP contribution in [0.4, 0.5) is 10.7 Å². The van der Waals surface area contributed by atoms with E-state index in [0.29, 0.717) is 17.1 Å². The van der Waals surface area contributed by atoms with Crippen LogP contribution in [0.3, 0.4) is 0 Å². The molecule has 1 amide bonds. The molecule has 28 heavy (non-hydrogen) atoms. The number of aryl methyl sites for hydroxylation is 2. The number of nitrogens with zero attached hydrogens (tertiary/aromatic N) is 1. The van der Waals surface area contributed by atoms with Crippen molar-refractivity contribution in [1.82, 2.24) is 0 Å². The van der Waals surface area contributed by atoms with Crippen molar-refractivity contribution in [3.63, 3.8) is 0 Å². The summed E-state index contributed by atoms with van der Waals surface area (Å²) >= 11 is 1.42. The molecule has 2 heterocycles. The van der Waals surface area contributed by atoms with E-state index < -0.39 is 5.97 Å². The van der Waals surface area contributed by atoms with E-state index in [1.54, 1.807) is 0 Å². The third kappa shape index (κ3) is 4.36. The molecule has 1 aliphatic rings. The molecule has 6 nitrogen and oxygen atoms in total. The molecule has 0 atom stereocenters. The van der Waals surface area contributed by atoms with Crippen LogP contribution in [-0.2, 0) is 9.53 Å². The van der Waals surface area contributed by atoms with Crippen molar-refractivity contribution in [3.05, 3.63) is 45.8 Å². The Morgan fingerprint density at radius 3 is 2.50 bits per heavy atom. The number of carbonyl (C=O) groups excluding carboxylic acids is 2. The highest BCUT2D eigenvalue weighted by Crippen LogP contribution is 2.32. The molecule has 7 heteroatoms. The summed E-state index contributed by atoms with van der Waals surface area (Å²) in [6, 6.07) is 8.41. The highest BCUT2D eigenvalue weighted by molar-refractivity contribution is 7.16. The Hall–Kier alpha value is -2.38. The Bertz CT molecular complexity index is 870. The lowest BCUT2D eigenvalue weighted by atomic mass is 10.1. The molecule has 3 rings (SSSR count). The van der Waals surface area contributed by atoms with Gasteiger partial charge in [-0.1, -0.05) is 18.2 Å². The third-order valence-electron chi connectivity index (χ3n) is 5.37. The van der Waals surface area contributed by atoms with Gasteiger partial charge in [0.15, 0.2) is 6.54 Å². The Kier molecular flexibility index (Phi) is 6.36. The molecular formula is C21H28N3O3S+. The number of methoxy groups -OCH3 is 1. The minimum absolute atomic E-state index is 0.0641. The van der Waals surface area contributed by atoms with Gasteiger partial charge in [-0.2, -0.15) is 0 Å². The van der Waals surface area contributed by atoms with Crippen LogP contribution in [0, 0.1) is 20.8 Å². The van der Waals surface area contributed by atoms with E-state index in [1.165, 1.54) is 34.6 Å². The second-order valence-electron chi connectivity index (χ2n) is 7.23. The fraction of sp³-hybridized carbons (Fsp3) is 0.429. The van der Waals surface area contributed by atoms with Gasteiger partial charge in [-0.15, -0.1) is 11.3 Å². The van der Waals surface area contributed by atoms with E-state index in [2.05, 4.69) is 41.4 Å². The summed E-state index contributed by atoms with van der Waals surface area (Å²) in [4.78, 5) is 29.3. The normalized spacial score (nSPS) is 14.8. The van der Waals surface area contributed by atoms with Crippen molar-refractivity contribution in [1.29, 1.82) is 0 Å². The van der Waals surface area contributed by atoms with Crippen molar-refractivity contribution in [2.75, 3.05) is 50.1 Å². The zero-order valence-corrected chi connectivity index (χ0v) is 17.7. The van der Waals surface area contributed by atoms with Gasteiger partial charge >= 0.3 is 5.97 Å². The summed E-state index contributed by atoms with van der Waals surface area (Å²) in [6.07, 6.45) is 0. The molecule has 0 spiro atoms. The van der Waals surface area contributed by atoms with Gasteiger partial charge in [-0.25, -0.2) is 4.79 Å². The monoisotopic (exact) mass is 402 g/mol. The number of piperazine rings is 1. The number of ether oxygens (including phenoxy) is 1. The molecule has 1 fully saturated rings. The zero-order valence-electron chi connectivity index (χ0n) is 16.9. The van der Waals surface area contributed by atoms with Crippen LogP contribution in [0.25, 0.3) is 0 Å². The van der Waals surface area contributed by atoms with Gasteiger partial charge in [-0.3, -0.25) is 4.79 Å². The summed E-state index contributed by atoms with van der Waals surface area (Å²) in [5.41, 5.74) is 3.89.